The van der Waals surface area contributed by atoms with Crippen molar-refractivity contribution in [3.63, 3.8) is 0 Å². The van der Waals surface area contributed by atoms with Crippen molar-refractivity contribution in [1.82, 2.24) is 10.2 Å². The van der Waals surface area contributed by atoms with Crippen molar-refractivity contribution < 1.29 is 19.0 Å². The van der Waals surface area contributed by atoms with Crippen molar-refractivity contribution in [3.05, 3.63) is 35.9 Å². The lowest BCUT2D eigenvalue weighted by Gasteiger charge is -2.33. The second-order valence-electron chi connectivity index (χ2n) is 5.47. The number of nitrogens with one attached hydrogen (secondary N) is 1. The van der Waals surface area contributed by atoms with Gasteiger partial charge >= 0.3 is 6.03 Å². The fraction of sp³-hybridized carbons (Fsp3) is 0.562. The maximum Gasteiger partial charge on any atom is 0.317 e. The summed E-state index contributed by atoms with van der Waals surface area (Å²) in [5.41, 5.74) is 1.10. The quantitative estimate of drug-likeness (QED) is 0.911. The van der Waals surface area contributed by atoms with Crippen LogP contribution in [0.5, 0.6) is 0 Å². The maximum absolute atomic E-state index is 12.3. The van der Waals surface area contributed by atoms with Crippen LogP contribution in [0.3, 0.4) is 0 Å². The van der Waals surface area contributed by atoms with Crippen LogP contribution < -0.4 is 5.32 Å². The van der Waals surface area contributed by atoms with Crippen LogP contribution in [-0.2, 0) is 14.2 Å². The summed E-state index contributed by atoms with van der Waals surface area (Å²) in [5, 5.41) is 2.92. The maximum atomic E-state index is 12.3. The number of hydrogen-bond donors (Lipinski definition) is 1. The average Bonchev–Trinajstić information content (AvgIpc) is 2.61. The number of morpholine rings is 1. The largest absolute Gasteiger partial charge is 0.376 e. The molecule has 2 atom stereocenters. The fourth-order valence-corrected chi connectivity index (χ4v) is 2.67. The van der Waals surface area contributed by atoms with Crippen LogP contribution in [0, 0.1) is 0 Å². The molecule has 6 heteroatoms. The van der Waals surface area contributed by atoms with E-state index in [-0.39, 0.29) is 18.2 Å². The molecular formula is C16H22N2O4. The van der Waals surface area contributed by atoms with E-state index >= 15 is 0 Å². The van der Waals surface area contributed by atoms with Crippen molar-refractivity contribution in [1.29, 1.82) is 0 Å². The minimum absolute atomic E-state index is 0.0522. The lowest BCUT2D eigenvalue weighted by atomic mass is 10.1. The Morgan fingerprint density at radius 2 is 2.05 bits per heavy atom. The SMILES string of the molecule is O=C(NC[C@H]1COCCO1)N1CCO[C@H](c2ccccc2)C1. The molecule has 1 aromatic rings. The zero-order valence-electron chi connectivity index (χ0n) is 12.6. The van der Waals surface area contributed by atoms with Crippen molar-refractivity contribution in [2.75, 3.05) is 46.1 Å². The molecule has 3 rings (SSSR count). The van der Waals surface area contributed by atoms with Crippen molar-refractivity contribution in [2.45, 2.75) is 12.2 Å². The van der Waals surface area contributed by atoms with Gasteiger partial charge < -0.3 is 24.4 Å². The van der Waals surface area contributed by atoms with Crippen LogP contribution in [0.2, 0.25) is 0 Å². The molecule has 2 aliphatic rings. The van der Waals surface area contributed by atoms with Gasteiger partial charge in [-0.2, -0.15) is 0 Å². The van der Waals surface area contributed by atoms with Gasteiger partial charge in [0.05, 0.1) is 39.1 Å². The van der Waals surface area contributed by atoms with Crippen molar-refractivity contribution in [2.24, 2.45) is 0 Å². The van der Waals surface area contributed by atoms with E-state index in [0.717, 1.165) is 5.56 Å². The molecule has 0 radical (unpaired) electrons. The van der Waals surface area contributed by atoms with Crippen LogP contribution >= 0.6 is 0 Å². The van der Waals surface area contributed by atoms with Crippen molar-refractivity contribution in [3.8, 4) is 0 Å². The third-order valence-electron chi connectivity index (χ3n) is 3.89. The van der Waals surface area contributed by atoms with E-state index in [0.29, 0.717) is 46.1 Å². The molecule has 22 heavy (non-hydrogen) atoms. The predicted molar refractivity (Wildman–Crippen MR) is 80.7 cm³/mol. The normalized spacial score (nSPS) is 25.7. The van der Waals surface area contributed by atoms with Gasteiger partial charge in [-0.1, -0.05) is 30.3 Å². The molecule has 2 aliphatic heterocycles. The third-order valence-corrected chi connectivity index (χ3v) is 3.89. The topological polar surface area (TPSA) is 60.0 Å². The van der Waals surface area contributed by atoms with Crippen LogP contribution in [0.25, 0.3) is 0 Å². The van der Waals surface area contributed by atoms with E-state index in [1.807, 2.05) is 30.3 Å². The highest BCUT2D eigenvalue weighted by molar-refractivity contribution is 5.74. The van der Waals surface area contributed by atoms with Crippen LogP contribution in [0.4, 0.5) is 4.79 Å². The van der Waals surface area contributed by atoms with Gasteiger partial charge in [0.1, 0.15) is 6.10 Å². The fourth-order valence-electron chi connectivity index (χ4n) is 2.67. The number of carbonyl (C=O) groups is 1. The summed E-state index contributed by atoms with van der Waals surface area (Å²) >= 11 is 0. The monoisotopic (exact) mass is 306 g/mol. The molecule has 6 nitrogen and oxygen atoms in total. The molecule has 0 aliphatic carbocycles. The molecule has 2 heterocycles. The van der Waals surface area contributed by atoms with E-state index in [9.17, 15) is 4.79 Å². The lowest BCUT2D eigenvalue weighted by molar-refractivity contribution is -0.0859. The van der Waals surface area contributed by atoms with Gasteiger partial charge in [-0.3, -0.25) is 0 Å². The number of nitrogens with zero attached hydrogens (tertiary/aromatic N) is 1. The lowest BCUT2D eigenvalue weighted by Crippen LogP contribution is -2.49. The molecule has 0 bridgehead atoms. The Bertz CT molecular complexity index is 476. The standard InChI is InChI=1S/C16H22N2O4/c19-16(17-10-14-12-20-8-9-21-14)18-6-7-22-15(11-18)13-4-2-1-3-5-13/h1-5,14-15H,6-12H2,(H,17,19)/t14-,15-/m0/s1. The molecule has 0 spiro atoms. The zero-order chi connectivity index (χ0) is 15.2. The first kappa shape index (κ1) is 15.3. The molecular weight excluding hydrogens is 284 g/mol. The van der Waals surface area contributed by atoms with E-state index in [2.05, 4.69) is 5.32 Å². The molecule has 120 valence electrons. The highest BCUT2D eigenvalue weighted by atomic mass is 16.6. The van der Waals surface area contributed by atoms with Crippen molar-refractivity contribution >= 4 is 6.03 Å². The summed E-state index contributed by atoms with van der Waals surface area (Å²) in [5.74, 6) is 0. The molecule has 2 fully saturated rings. The van der Waals surface area contributed by atoms with E-state index in [4.69, 9.17) is 14.2 Å². The van der Waals surface area contributed by atoms with Gasteiger partial charge in [-0.15, -0.1) is 0 Å². The molecule has 0 aromatic heterocycles. The molecule has 0 saturated carbocycles. The second-order valence-corrected chi connectivity index (χ2v) is 5.47. The van der Waals surface area contributed by atoms with Gasteiger partial charge in [0.25, 0.3) is 0 Å². The first-order valence-corrected chi connectivity index (χ1v) is 7.71. The predicted octanol–water partition coefficient (Wildman–Crippen LogP) is 1.18. The van der Waals surface area contributed by atoms with Gasteiger partial charge in [0, 0.05) is 13.1 Å². The number of benzene rings is 1. The third kappa shape index (κ3) is 3.97. The smallest absolute Gasteiger partial charge is 0.317 e. The van der Waals surface area contributed by atoms with E-state index in [1.165, 1.54) is 0 Å². The summed E-state index contributed by atoms with van der Waals surface area (Å²) in [6.07, 6.45) is -0.112. The minimum Gasteiger partial charge on any atom is -0.376 e. The summed E-state index contributed by atoms with van der Waals surface area (Å²) in [6, 6.07) is 9.93. The Balaban J connectivity index is 1.49. The molecule has 2 amide bonds. The molecule has 2 saturated heterocycles. The number of urea groups is 1. The Hall–Kier alpha value is -1.63. The minimum atomic E-state index is -0.0709. The summed E-state index contributed by atoms with van der Waals surface area (Å²) in [4.78, 5) is 14.1. The summed E-state index contributed by atoms with van der Waals surface area (Å²) in [6.45, 7) is 3.97. The highest BCUT2D eigenvalue weighted by Crippen LogP contribution is 2.21. The molecule has 1 aromatic carbocycles. The number of carbonyl (C=O) groups excluding carboxylic acids is 1. The first-order chi connectivity index (χ1) is 10.8. The number of rotatable bonds is 3. The Morgan fingerprint density at radius 3 is 2.82 bits per heavy atom. The van der Waals surface area contributed by atoms with Gasteiger partial charge in [-0.25, -0.2) is 4.79 Å². The van der Waals surface area contributed by atoms with Gasteiger partial charge in [-0.05, 0) is 5.56 Å². The Morgan fingerprint density at radius 1 is 1.18 bits per heavy atom. The zero-order valence-corrected chi connectivity index (χ0v) is 12.6. The van der Waals surface area contributed by atoms with E-state index < -0.39 is 0 Å². The number of amides is 2. The van der Waals surface area contributed by atoms with E-state index in [1.54, 1.807) is 4.90 Å². The second kappa shape index (κ2) is 7.58. The van der Waals surface area contributed by atoms with Gasteiger partial charge in [0.2, 0.25) is 0 Å². The molecule has 1 N–H and O–H groups in total. The highest BCUT2D eigenvalue weighted by Gasteiger charge is 2.26. The van der Waals surface area contributed by atoms with Crippen LogP contribution in [0.1, 0.15) is 11.7 Å². The number of hydrogen-bond acceptors (Lipinski definition) is 4. The van der Waals surface area contributed by atoms with Crippen LogP contribution in [0.15, 0.2) is 30.3 Å². The summed E-state index contributed by atoms with van der Waals surface area (Å²) in [7, 11) is 0. The van der Waals surface area contributed by atoms with Gasteiger partial charge in [0.15, 0.2) is 0 Å². The first-order valence-electron chi connectivity index (χ1n) is 7.71. The van der Waals surface area contributed by atoms with Crippen LogP contribution in [-0.4, -0.2) is 63.1 Å². The molecule has 0 unspecified atom stereocenters. The number of ether oxygens (including phenoxy) is 3. The Kier molecular flexibility index (Phi) is 5.26. The Labute approximate surface area is 130 Å². The summed E-state index contributed by atoms with van der Waals surface area (Å²) < 4.78 is 16.6. The average molecular weight is 306 g/mol.